The predicted octanol–water partition coefficient (Wildman–Crippen LogP) is 3.57. The summed E-state index contributed by atoms with van der Waals surface area (Å²) in [6.45, 7) is -0.353. The third-order valence-corrected chi connectivity index (χ3v) is 2.96. The number of alkyl halides is 3. The van der Waals surface area contributed by atoms with Crippen molar-refractivity contribution in [2.24, 2.45) is 0 Å². The number of hydrogen-bond donors (Lipinski definition) is 1. The van der Waals surface area contributed by atoms with Crippen LogP contribution in [-0.2, 0) is 17.5 Å². The number of nitrogens with zero attached hydrogens (tertiary/aromatic N) is 1. The van der Waals surface area contributed by atoms with Crippen LogP contribution in [0.5, 0.6) is 0 Å². The number of carbonyl (C=O) groups is 1. The van der Waals surface area contributed by atoms with Crippen molar-refractivity contribution in [3.63, 3.8) is 0 Å². The van der Waals surface area contributed by atoms with Crippen molar-refractivity contribution in [3.8, 4) is 0 Å². The molecule has 1 amide bonds. The number of amides is 1. The third kappa shape index (κ3) is 4.91. The molecule has 1 aromatic carbocycles. The van der Waals surface area contributed by atoms with Gasteiger partial charge in [0.15, 0.2) is 0 Å². The van der Waals surface area contributed by atoms with Gasteiger partial charge in [0, 0.05) is 25.0 Å². The van der Waals surface area contributed by atoms with Gasteiger partial charge >= 0.3 is 6.18 Å². The molecule has 1 N–H and O–H groups in total. The minimum absolute atomic E-state index is 0.204. The fraction of sp³-hybridized carbons (Fsp3) is 0.125. The fourth-order valence-corrected chi connectivity index (χ4v) is 1.85. The Hall–Kier alpha value is -2.70. The number of hydrogen-bond acceptors (Lipinski definition) is 2. The highest BCUT2D eigenvalue weighted by Crippen LogP contribution is 2.32. The van der Waals surface area contributed by atoms with E-state index < -0.39 is 23.5 Å². The number of aromatic nitrogens is 1. The van der Waals surface area contributed by atoms with Gasteiger partial charge in [-0.25, -0.2) is 4.39 Å². The second-order valence-electron chi connectivity index (χ2n) is 4.63. The predicted molar refractivity (Wildman–Crippen MR) is 76.5 cm³/mol. The standard InChI is InChI=1S/C16H12F4N2O/c17-13-3-2-12(14(9-13)16(18,19)20)10-22-15(23)4-1-11-5-7-21-8-6-11/h1-9H,10H2,(H,22,23)/b4-1+. The van der Waals surface area contributed by atoms with Crippen LogP contribution in [0.15, 0.2) is 48.8 Å². The first-order valence-corrected chi connectivity index (χ1v) is 6.58. The van der Waals surface area contributed by atoms with Crippen molar-refractivity contribution < 1.29 is 22.4 Å². The number of halogens is 4. The molecule has 2 rings (SSSR count). The Labute approximate surface area is 129 Å². The van der Waals surface area contributed by atoms with E-state index in [0.717, 1.165) is 17.7 Å². The molecule has 0 aliphatic heterocycles. The highest BCUT2D eigenvalue weighted by molar-refractivity contribution is 5.91. The Kier molecular flexibility index (Phi) is 5.10. The minimum Gasteiger partial charge on any atom is -0.348 e. The van der Waals surface area contributed by atoms with Gasteiger partial charge in [-0.1, -0.05) is 6.07 Å². The molecule has 7 heteroatoms. The Morgan fingerprint density at radius 1 is 1.17 bits per heavy atom. The molecule has 0 saturated heterocycles. The lowest BCUT2D eigenvalue weighted by atomic mass is 10.1. The molecule has 0 unspecified atom stereocenters. The van der Waals surface area contributed by atoms with Crippen molar-refractivity contribution in [1.82, 2.24) is 10.3 Å². The summed E-state index contributed by atoms with van der Waals surface area (Å²) in [4.78, 5) is 15.5. The number of benzene rings is 1. The van der Waals surface area contributed by atoms with Gasteiger partial charge in [-0.3, -0.25) is 9.78 Å². The zero-order valence-electron chi connectivity index (χ0n) is 11.8. The molecular weight excluding hydrogens is 312 g/mol. The molecule has 0 saturated carbocycles. The van der Waals surface area contributed by atoms with Crippen LogP contribution in [0.25, 0.3) is 6.08 Å². The summed E-state index contributed by atoms with van der Waals surface area (Å²) < 4.78 is 51.5. The van der Waals surface area contributed by atoms with Crippen LogP contribution in [0.4, 0.5) is 17.6 Å². The zero-order valence-corrected chi connectivity index (χ0v) is 11.8. The second kappa shape index (κ2) is 7.04. The molecule has 23 heavy (non-hydrogen) atoms. The molecule has 120 valence electrons. The molecule has 1 heterocycles. The van der Waals surface area contributed by atoms with Crippen LogP contribution >= 0.6 is 0 Å². The lowest BCUT2D eigenvalue weighted by Crippen LogP contribution is -2.22. The molecule has 0 spiro atoms. The van der Waals surface area contributed by atoms with Gasteiger partial charge in [0.2, 0.25) is 5.91 Å². The molecule has 0 atom stereocenters. The van der Waals surface area contributed by atoms with Crippen LogP contribution in [0.1, 0.15) is 16.7 Å². The first kappa shape index (κ1) is 16.7. The highest BCUT2D eigenvalue weighted by Gasteiger charge is 2.33. The maximum Gasteiger partial charge on any atom is 0.416 e. The van der Waals surface area contributed by atoms with Crippen LogP contribution in [-0.4, -0.2) is 10.9 Å². The van der Waals surface area contributed by atoms with Gasteiger partial charge in [-0.15, -0.1) is 0 Å². The smallest absolute Gasteiger partial charge is 0.348 e. The van der Waals surface area contributed by atoms with Gasteiger partial charge in [0.1, 0.15) is 5.82 Å². The summed E-state index contributed by atoms with van der Waals surface area (Å²) in [6.07, 6.45) is 1.12. The first-order chi connectivity index (χ1) is 10.9. The SMILES string of the molecule is O=C(/C=C/c1ccncc1)NCc1ccc(F)cc1C(F)(F)F. The van der Waals surface area contributed by atoms with Gasteiger partial charge in [-0.05, 0) is 41.5 Å². The third-order valence-electron chi connectivity index (χ3n) is 2.96. The van der Waals surface area contributed by atoms with Crippen molar-refractivity contribution in [2.75, 3.05) is 0 Å². The lowest BCUT2D eigenvalue weighted by Gasteiger charge is -2.13. The lowest BCUT2D eigenvalue weighted by molar-refractivity contribution is -0.138. The molecule has 0 bridgehead atoms. The molecule has 1 aromatic heterocycles. The van der Waals surface area contributed by atoms with Crippen LogP contribution in [0.2, 0.25) is 0 Å². The number of nitrogens with one attached hydrogen (secondary N) is 1. The number of rotatable bonds is 4. The minimum atomic E-state index is -4.69. The maximum atomic E-state index is 13.0. The Balaban J connectivity index is 2.04. The molecule has 3 nitrogen and oxygen atoms in total. The maximum absolute atomic E-state index is 13.0. The quantitative estimate of drug-likeness (QED) is 0.690. The Bertz CT molecular complexity index is 712. The molecule has 2 aromatic rings. The van der Waals surface area contributed by atoms with E-state index in [-0.39, 0.29) is 12.1 Å². The van der Waals surface area contributed by atoms with Gasteiger partial charge in [-0.2, -0.15) is 13.2 Å². The topological polar surface area (TPSA) is 42.0 Å². The highest BCUT2D eigenvalue weighted by atomic mass is 19.4. The van der Waals surface area contributed by atoms with E-state index in [2.05, 4.69) is 10.3 Å². The van der Waals surface area contributed by atoms with Crippen molar-refractivity contribution in [1.29, 1.82) is 0 Å². The van der Waals surface area contributed by atoms with E-state index in [1.54, 1.807) is 24.5 Å². The number of carbonyl (C=O) groups excluding carboxylic acids is 1. The fourth-order valence-electron chi connectivity index (χ4n) is 1.85. The van der Waals surface area contributed by atoms with Gasteiger partial charge in [0.05, 0.1) is 5.56 Å². The van der Waals surface area contributed by atoms with Crippen molar-refractivity contribution >= 4 is 12.0 Å². The van der Waals surface area contributed by atoms with E-state index in [1.165, 1.54) is 12.2 Å². The largest absolute Gasteiger partial charge is 0.416 e. The molecular formula is C16H12F4N2O. The van der Waals surface area contributed by atoms with Crippen LogP contribution in [0.3, 0.4) is 0 Å². The zero-order chi connectivity index (χ0) is 16.9. The first-order valence-electron chi connectivity index (χ1n) is 6.58. The van der Waals surface area contributed by atoms with E-state index >= 15 is 0 Å². The second-order valence-corrected chi connectivity index (χ2v) is 4.63. The van der Waals surface area contributed by atoms with Crippen molar-refractivity contribution in [3.05, 3.63) is 71.3 Å². The van der Waals surface area contributed by atoms with Gasteiger partial charge in [0.25, 0.3) is 0 Å². The molecule has 0 radical (unpaired) electrons. The summed E-state index contributed by atoms with van der Waals surface area (Å²) in [5, 5.41) is 2.34. The summed E-state index contributed by atoms with van der Waals surface area (Å²) in [5.41, 5.74) is -0.576. The van der Waals surface area contributed by atoms with E-state index in [9.17, 15) is 22.4 Å². The Morgan fingerprint density at radius 2 is 1.87 bits per heavy atom. The van der Waals surface area contributed by atoms with Gasteiger partial charge < -0.3 is 5.32 Å². The van der Waals surface area contributed by atoms with Crippen molar-refractivity contribution in [2.45, 2.75) is 12.7 Å². The van der Waals surface area contributed by atoms with E-state index in [0.29, 0.717) is 6.07 Å². The average Bonchev–Trinajstić information content (AvgIpc) is 2.52. The molecule has 0 aliphatic carbocycles. The van der Waals surface area contributed by atoms with Crippen LogP contribution < -0.4 is 5.32 Å². The summed E-state index contributed by atoms with van der Waals surface area (Å²) in [7, 11) is 0. The normalized spacial score (nSPS) is 11.7. The monoisotopic (exact) mass is 324 g/mol. The molecule has 0 aliphatic rings. The number of pyridine rings is 1. The molecule has 0 fully saturated rings. The van der Waals surface area contributed by atoms with E-state index in [4.69, 9.17) is 0 Å². The summed E-state index contributed by atoms with van der Waals surface area (Å²) in [6, 6.07) is 5.68. The average molecular weight is 324 g/mol. The summed E-state index contributed by atoms with van der Waals surface area (Å²) in [5.74, 6) is -1.54. The van der Waals surface area contributed by atoms with Crippen LogP contribution in [0, 0.1) is 5.82 Å². The van der Waals surface area contributed by atoms with E-state index in [1.807, 2.05) is 0 Å². The Morgan fingerprint density at radius 3 is 2.52 bits per heavy atom. The summed E-state index contributed by atoms with van der Waals surface area (Å²) >= 11 is 0.